The van der Waals surface area contributed by atoms with Gasteiger partial charge in [0.05, 0.1) is 31.6 Å². The lowest BCUT2D eigenvalue weighted by Gasteiger charge is -2.38. The van der Waals surface area contributed by atoms with Gasteiger partial charge in [0.2, 0.25) is 0 Å². The lowest BCUT2D eigenvalue weighted by Crippen LogP contribution is -2.44. The van der Waals surface area contributed by atoms with Gasteiger partial charge in [-0.25, -0.2) is 4.79 Å². The number of aliphatic hydroxyl groups is 1. The molecule has 6 nitrogen and oxygen atoms in total. The molecule has 1 aromatic heterocycles. The number of nitrogens with one attached hydrogen (secondary N) is 2. The van der Waals surface area contributed by atoms with E-state index in [2.05, 4.69) is 16.7 Å². The van der Waals surface area contributed by atoms with Crippen LogP contribution in [0.1, 0.15) is 35.8 Å². The first-order valence-electron chi connectivity index (χ1n) is 8.69. The van der Waals surface area contributed by atoms with E-state index in [9.17, 15) is 9.90 Å². The Balaban J connectivity index is 1.45. The Morgan fingerprint density at radius 1 is 1.32 bits per heavy atom. The largest absolute Gasteiger partial charge is 0.493 e. The summed E-state index contributed by atoms with van der Waals surface area (Å²) in [6, 6.07) is 9.35. The molecule has 2 amide bonds. The van der Waals surface area contributed by atoms with Crippen molar-refractivity contribution in [1.29, 1.82) is 0 Å². The molecule has 3 N–H and O–H groups in total. The van der Waals surface area contributed by atoms with Gasteiger partial charge in [0.25, 0.3) is 0 Å². The highest BCUT2D eigenvalue weighted by Crippen LogP contribution is 2.39. The minimum Gasteiger partial charge on any atom is -0.493 e. The van der Waals surface area contributed by atoms with Crippen molar-refractivity contribution in [2.24, 2.45) is 5.92 Å². The molecule has 0 radical (unpaired) electrons. The molecule has 1 aliphatic carbocycles. The summed E-state index contributed by atoms with van der Waals surface area (Å²) >= 11 is 0. The van der Waals surface area contributed by atoms with Crippen molar-refractivity contribution in [3.05, 3.63) is 53.5 Å². The predicted octanol–water partition coefficient (Wildman–Crippen LogP) is 2.53. The number of furan rings is 1. The molecule has 2 heterocycles. The number of hydrogen-bond acceptors (Lipinski definition) is 4. The van der Waals surface area contributed by atoms with Crippen LogP contribution in [-0.4, -0.2) is 23.8 Å². The number of benzene rings is 1. The summed E-state index contributed by atoms with van der Waals surface area (Å²) in [6.07, 6.45) is 3.62. The van der Waals surface area contributed by atoms with Crippen molar-refractivity contribution in [2.75, 3.05) is 6.61 Å². The summed E-state index contributed by atoms with van der Waals surface area (Å²) in [7, 11) is 0. The van der Waals surface area contributed by atoms with Gasteiger partial charge in [-0.2, -0.15) is 0 Å². The first kappa shape index (κ1) is 16.0. The van der Waals surface area contributed by atoms with E-state index in [-0.39, 0.29) is 24.1 Å². The second-order valence-corrected chi connectivity index (χ2v) is 6.73. The van der Waals surface area contributed by atoms with Gasteiger partial charge in [-0.15, -0.1) is 0 Å². The van der Waals surface area contributed by atoms with Gasteiger partial charge in [-0.1, -0.05) is 6.07 Å². The van der Waals surface area contributed by atoms with E-state index < -0.39 is 0 Å². The molecule has 0 bridgehead atoms. The van der Waals surface area contributed by atoms with Crippen LogP contribution in [0.2, 0.25) is 0 Å². The summed E-state index contributed by atoms with van der Waals surface area (Å²) in [4.78, 5) is 12.3. The Labute approximate surface area is 146 Å². The van der Waals surface area contributed by atoms with Gasteiger partial charge in [-0.3, -0.25) is 0 Å². The Morgan fingerprint density at radius 2 is 2.20 bits per heavy atom. The smallest absolute Gasteiger partial charge is 0.315 e. The zero-order chi connectivity index (χ0) is 17.2. The highest BCUT2D eigenvalue weighted by atomic mass is 16.5. The number of carbonyl (C=O) groups is 1. The lowest BCUT2D eigenvalue weighted by molar-refractivity contribution is 0.0259. The fraction of sp³-hybridized carbons (Fsp3) is 0.421. The standard InChI is InChI=1S/C19H22N2O4/c22-15-9-14(10-15)18(13-3-4-17-12(8-13)5-7-25-17)21-19(23)20-11-16-2-1-6-24-16/h1-4,6,8,14-15,18,22H,5,7,9-11H2,(H2,20,21,23). The van der Waals surface area contributed by atoms with Crippen molar-refractivity contribution in [1.82, 2.24) is 10.6 Å². The predicted molar refractivity (Wildman–Crippen MR) is 91.2 cm³/mol. The highest BCUT2D eigenvalue weighted by molar-refractivity contribution is 5.74. The SMILES string of the molecule is O=C(NCc1ccco1)NC(c1ccc2c(c1)CCO2)C1CC(O)C1. The maximum Gasteiger partial charge on any atom is 0.315 e. The van der Waals surface area contributed by atoms with E-state index in [0.29, 0.717) is 31.8 Å². The number of rotatable bonds is 5. The molecular weight excluding hydrogens is 320 g/mol. The molecule has 1 aliphatic heterocycles. The molecule has 1 fully saturated rings. The molecule has 0 spiro atoms. The average molecular weight is 342 g/mol. The van der Waals surface area contributed by atoms with Crippen LogP contribution in [0, 0.1) is 5.92 Å². The molecule has 6 heteroatoms. The van der Waals surface area contributed by atoms with E-state index in [4.69, 9.17) is 9.15 Å². The quantitative estimate of drug-likeness (QED) is 0.780. The normalized spacial score (nSPS) is 22.4. The number of ether oxygens (including phenoxy) is 1. The Hall–Kier alpha value is -2.47. The average Bonchev–Trinajstić information content (AvgIpc) is 3.25. The second kappa shape index (κ2) is 6.80. The molecule has 2 aliphatic rings. The summed E-state index contributed by atoms with van der Waals surface area (Å²) in [5, 5.41) is 15.6. The third-order valence-electron chi connectivity index (χ3n) is 4.98. The zero-order valence-electron chi connectivity index (χ0n) is 13.9. The van der Waals surface area contributed by atoms with Crippen molar-refractivity contribution < 1.29 is 19.1 Å². The monoisotopic (exact) mass is 342 g/mol. The van der Waals surface area contributed by atoms with Gasteiger partial charge in [0.1, 0.15) is 11.5 Å². The molecular formula is C19H22N2O4. The third-order valence-corrected chi connectivity index (χ3v) is 4.98. The second-order valence-electron chi connectivity index (χ2n) is 6.73. The topological polar surface area (TPSA) is 83.7 Å². The van der Waals surface area contributed by atoms with E-state index in [0.717, 1.165) is 17.7 Å². The summed E-state index contributed by atoms with van der Waals surface area (Å²) in [5.74, 6) is 1.88. The molecule has 4 rings (SSSR count). The summed E-state index contributed by atoms with van der Waals surface area (Å²) in [5.41, 5.74) is 2.24. The number of fused-ring (bicyclic) bond motifs is 1. The third kappa shape index (κ3) is 3.49. The van der Waals surface area contributed by atoms with E-state index in [1.54, 1.807) is 12.3 Å². The molecule has 25 heavy (non-hydrogen) atoms. The van der Waals surface area contributed by atoms with Gasteiger partial charge in [0, 0.05) is 6.42 Å². The van der Waals surface area contributed by atoms with Crippen LogP contribution in [0.5, 0.6) is 5.75 Å². The van der Waals surface area contributed by atoms with E-state index in [1.807, 2.05) is 18.2 Å². The minimum absolute atomic E-state index is 0.120. The van der Waals surface area contributed by atoms with Crippen LogP contribution >= 0.6 is 0 Å². The number of hydrogen-bond donors (Lipinski definition) is 3. The Bertz CT molecular complexity index is 738. The highest BCUT2D eigenvalue weighted by Gasteiger charge is 2.36. The van der Waals surface area contributed by atoms with Gasteiger partial charge in [0.15, 0.2) is 0 Å². The number of aliphatic hydroxyl groups excluding tert-OH is 1. The van der Waals surface area contributed by atoms with Crippen molar-refractivity contribution in [3.8, 4) is 5.75 Å². The zero-order valence-corrected chi connectivity index (χ0v) is 13.9. The first-order chi connectivity index (χ1) is 12.2. The number of urea groups is 1. The molecule has 1 unspecified atom stereocenters. The molecule has 1 atom stereocenters. The number of amides is 2. The fourth-order valence-corrected chi connectivity index (χ4v) is 3.55. The van der Waals surface area contributed by atoms with Crippen LogP contribution in [0.15, 0.2) is 41.0 Å². The molecule has 0 saturated heterocycles. The van der Waals surface area contributed by atoms with Gasteiger partial charge in [-0.05, 0) is 54.2 Å². The first-order valence-corrected chi connectivity index (χ1v) is 8.69. The maximum absolute atomic E-state index is 12.3. The summed E-state index contributed by atoms with van der Waals surface area (Å²) < 4.78 is 10.8. The Kier molecular flexibility index (Phi) is 4.36. The summed E-state index contributed by atoms with van der Waals surface area (Å²) in [6.45, 7) is 1.06. The van der Waals surface area contributed by atoms with Gasteiger partial charge >= 0.3 is 6.03 Å². The number of carbonyl (C=O) groups excluding carboxylic acids is 1. The lowest BCUT2D eigenvalue weighted by atomic mass is 9.75. The van der Waals surface area contributed by atoms with Crippen LogP contribution in [0.4, 0.5) is 4.79 Å². The van der Waals surface area contributed by atoms with Crippen molar-refractivity contribution >= 4 is 6.03 Å². The minimum atomic E-state index is -0.266. The van der Waals surface area contributed by atoms with Crippen molar-refractivity contribution in [2.45, 2.75) is 38.0 Å². The van der Waals surface area contributed by atoms with Crippen molar-refractivity contribution in [3.63, 3.8) is 0 Å². The molecule has 1 aromatic carbocycles. The fourth-order valence-electron chi connectivity index (χ4n) is 3.55. The van der Waals surface area contributed by atoms with E-state index >= 15 is 0 Å². The van der Waals surface area contributed by atoms with Gasteiger partial charge < -0.3 is 24.9 Å². The Morgan fingerprint density at radius 3 is 2.96 bits per heavy atom. The van der Waals surface area contributed by atoms with Crippen LogP contribution < -0.4 is 15.4 Å². The van der Waals surface area contributed by atoms with Crippen LogP contribution in [-0.2, 0) is 13.0 Å². The van der Waals surface area contributed by atoms with E-state index in [1.165, 1.54) is 5.56 Å². The maximum atomic E-state index is 12.3. The molecule has 2 aromatic rings. The van der Waals surface area contributed by atoms with Crippen LogP contribution in [0.25, 0.3) is 0 Å². The van der Waals surface area contributed by atoms with Crippen LogP contribution in [0.3, 0.4) is 0 Å². The molecule has 1 saturated carbocycles. The molecule has 132 valence electrons.